The van der Waals surface area contributed by atoms with Gasteiger partial charge in [0.15, 0.2) is 0 Å². The lowest BCUT2D eigenvalue weighted by molar-refractivity contribution is 0.0945. The highest BCUT2D eigenvalue weighted by molar-refractivity contribution is 7.07. The third-order valence-corrected chi connectivity index (χ3v) is 3.73. The molecule has 0 fully saturated rings. The molecular formula is C11H7ClFN7OS. The van der Waals surface area contributed by atoms with Crippen LogP contribution in [-0.4, -0.2) is 36.1 Å². The maximum Gasteiger partial charge on any atom is 0.265 e. The Kier molecular flexibility index (Phi) is 4.02. The van der Waals surface area contributed by atoms with Gasteiger partial charge in [0.1, 0.15) is 16.7 Å². The molecule has 3 rings (SSSR count). The number of H-pyrrole nitrogens is 1. The standard InChI is InChI=1S/C11H7ClFN7OS/c12-6-2-1-5(3-7(6)13)9(10-16-18-19-17-10)15-11(21)8-4-14-20-22-8/h1-4,9H,(H,15,21)(H,16,17,18,19)/t9-/m0/s1. The maximum atomic E-state index is 13.7. The molecule has 8 nitrogen and oxygen atoms in total. The van der Waals surface area contributed by atoms with Crippen molar-refractivity contribution >= 4 is 29.0 Å². The van der Waals surface area contributed by atoms with Crippen LogP contribution in [0.25, 0.3) is 0 Å². The Bertz CT molecular complexity index is 780. The second-order valence-corrected chi connectivity index (χ2v) is 5.32. The normalized spacial score (nSPS) is 12.1. The average Bonchev–Trinajstić information content (AvgIpc) is 3.20. The summed E-state index contributed by atoms with van der Waals surface area (Å²) in [6.07, 6.45) is 1.33. The first-order chi connectivity index (χ1) is 10.6. The molecule has 0 bridgehead atoms. The largest absolute Gasteiger partial charge is 0.337 e. The predicted octanol–water partition coefficient (Wildman–Crippen LogP) is 1.36. The van der Waals surface area contributed by atoms with Crippen LogP contribution in [0.4, 0.5) is 4.39 Å². The number of tetrazole rings is 1. The number of hydrogen-bond acceptors (Lipinski definition) is 7. The first kappa shape index (κ1) is 14.5. The number of carbonyl (C=O) groups excluding carboxylic acids is 1. The van der Waals surface area contributed by atoms with Crippen molar-refractivity contribution in [2.24, 2.45) is 0 Å². The van der Waals surface area contributed by atoms with E-state index in [1.54, 1.807) is 6.07 Å². The third kappa shape index (κ3) is 2.92. The summed E-state index contributed by atoms with van der Waals surface area (Å²) in [5.41, 5.74) is 0.425. The fraction of sp³-hybridized carbons (Fsp3) is 0.0909. The first-order valence-electron chi connectivity index (χ1n) is 5.91. The Morgan fingerprint density at radius 1 is 1.45 bits per heavy atom. The lowest BCUT2D eigenvalue weighted by Crippen LogP contribution is -2.29. The van der Waals surface area contributed by atoms with Crippen LogP contribution in [-0.2, 0) is 0 Å². The molecule has 112 valence electrons. The van der Waals surface area contributed by atoms with E-state index < -0.39 is 17.8 Å². The van der Waals surface area contributed by atoms with E-state index in [0.29, 0.717) is 10.4 Å². The third-order valence-electron chi connectivity index (χ3n) is 2.76. The van der Waals surface area contributed by atoms with Crippen LogP contribution >= 0.6 is 23.1 Å². The minimum Gasteiger partial charge on any atom is -0.337 e. The van der Waals surface area contributed by atoms with Crippen LogP contribution in [0.5, 0.6) is 0 Å². The minimum absolute atomic E-state index is 0.0198. The molecule has 1 atom stereocenters. The second kappa shape index (κ2) is 6.12. The zero-order valence-electron chi connectivity index (χ0n) is 10.7. The van der Waals surface area contributed by atoms with Crippen LogP contribution in [0.3, 0.4) is 0 Å². The summed E-state index contributed by atoms with van der Waals surface area (Å²) < 4.78 is 17.3. The number of rotatable bonds is 4. The highest BCUT2D eigenvalue weighted by Gasteiger charge is 2.23. The van der Waals surface area contributed by atoms with Gasteiger partial charge >= 0.3 is 0 Å². The molecule has 1 amide bonds. The summed E-state index contributed by atoms with van der Waals surface area (Å²) in [5.74, 6) is -0.853. The smallest absolute Gasteiger partial charge is 0.265 e. The van der Waals surface area contributed by atoms with Crippen molar-refractivity contribution < 1.29 is 9.18 Å². The Hall–Kier alpha value is -2.46. The molecular weight excluding hydrogens is 333 g/mol. The SMILES string of the molecule is O=C(N[C@@H](c1ccc(Cl)c(F)c1)c1nn[nH]n1)c1cnns1. The summed E-state index contributed by atoms with van der Waals surface area (Å²) in [6, 6.07) is 3.37. The first-order valence-corrected chi connectivity index (χ1v) is 7.07. The van der Waals surface area contributed by atoms with Gasteiger partial charge in [-0.2, -0.15) is 5.21 Å². The van der Waals surface area contributed by atoms with Gasteiger partial charge in [-0.25, -0.2) is 4.39 Å². The monoisotopic (exact) mass is 339 g/mol. The van der Waals surface area contributed by atoms with Crippen LogP contribution in [0.15, 0.2) is 24.4 Å². The van der Waals surface area contributed by atoms with Crippen molar-refractivity contribution in [2.45, 2.75) is 6.04 Å². The Morgan fingerprint density at radius 3 is 2.95 bits per heavy atom. The molecule has 0 aliphatic rings. The highest BCUT2D eigenvalue weighted by Crippen LogP contribution is 2.23. The van der Waals surface area contributed by atoms with Gasteiger partial charge in [-0.15, -0.1) is 15.3 Å². The number of hydrogen-bond donors (Lipinski definition) is 2. The van der Waals surface area contributed by atoms with E-state index in [2.05, 4.69) is 35.5 Å². The number of halogens is 2. The van der Waals surface area contributed by atoms with Gasteiger partial charge in [-0.3, -0.25) is 4.79 Å². The topological polar surface area (TPSA) is 109 Å². The van der Waals surface area contributed by atoms with E-state index in [0.717, 1.165) is 11.5 Å². The van der Waals surface area contributed by atoms with E-state index in [1.807, 2.05) is 0 Å². The molecule has 2 heterocycles. The molecule has 0 spiro atoms. The lowest BCUT2D eigenvalue weighted by atomic mass is 10.1. The predicted molar refractivity (Wildman–Crippen MR) is 74.8 cm³/mol. The molecule has 11 heteroatoms. The zero-order chi connectivity index (χ0) is 15.5. The molecule has 2 aromatic heterocycles. The van der Waals surface area contributed by atoms with Gasteiger partial charge < -0.3 is 5.32 Å². The number of benzene rings is 1. The fourth-order valence-electron chi connectivity index (χ4n) is 1.75. The van der Waals surface area contributed by atoms with E-state index in [-0.39, 0.29) is 10.8 Å². The second-order valence-electron chi connectivity index (χ2n) is 4.13. The minimum atomic E-state index is -0.792. The van der Waals surface area contributed by atoms with Crippen LogP contribution in [0, 0.1) is 5.82 Å². The van der Waals surface area contributed by atoms with Crippen molar-refractivity contribution in [3.05, 3.63) is 51.5 Å². The van der Waals surface area contributed by atoms with Gasteiger partial charge in [0.2, 0.25) is 5.82 Å². The number of nitrogens with one attached hydrogen (secondary N) is 2. The van der Waals surface area contributed by atoms with Gasteiger partial charge in [-0.05, 0) is 29.2 Å². The van der Waals surface area contributed by atoms with Crippen molar-refractivity contribution in [2.75, 3.05) is 0 Å². The van der Waals surface area contributed by atoms with E-state index >= 15 is 0 Å². The molecule has 0 aliphatic heterocycles. The van der Waals surface area contributed by atoms with Gasteiger partial charge in [0.25, 0.3) is 5.91 Å². The molecule has 22 heavy (non-hydrogen) atoms. The zero-order valence-corrected chi connectivity index (χ0v) is 12.3. The van der Waals surface area contributed by atoms with Gasteiger partial charge in [0, 0.05) is 0 Å². The molecule has 0 aliphatic carbocycles. The Morgan fingerprint density at radius 2 is 2.32 bits per heavy atom. The Labute approximate surface area is 131 Å². The molecule has 0 unspecified atom stereocenters. The summed E-state index contributed by atoms with van der Waals surface area (Å²) >= 11 is 6.61. The quantitative estimate of drug-likeness (QED) is 0.742. The average molecular weight is 340 g/mol. The van der Waals surface area contributed by atoms with Crippen LogP contribution in [0.1, 0.15) is 27.1 Å². The van der Waals surface area contributed by atoms with Crippen molar-refractivity contribution in [3.63, 3.8) is 0 Å². The summed E-state index contributed by atoms with van der Waals surface area (Å²) in [4.78, 5) is 12.5. The van der Waals surface area contributed by atoms with Crippen molar-refractivity contribution in [1.29, 1.82) is 0 Å². The number of aromatic amines is 1. The summed E-state index contributed by atoms with van der Waals surface area (Å²) in [7, 11) is 0. The Balaban J connectivity index is 1.94. The van der Waals surface area contributed by atoms with Crippen LogP contribution < -0.4 is 5.32 Å². The molecule has 0 saturated carbocycles. The fourth-order valence-corrected chi connectivity index (χ4v) is 2.29. The van der Waals surface area contributed by atoms with Crippen molar-refractivity contribution in [3.8, 4) is 0 Å². The maximum absolute atomic E-state index is 13.7. The van der Waals surface area contributed by atoms with Crippen molar-refractivity contribution in [1.82, 2.24) is 35.5 Å². The lowest BCUT2D eigenvalue weighted by Gasteiger charge is -2.15. The molecule has 1 aromatic carbocycles. The molecule has 0 radical (unpaired) electrons. The van der Waals surface area contributed by atoms with E-state index in [4.69, 9.17) is 11.6 Å². The molecule has 2 N–H and O–H groups in total. The molecule has 3 aromatic rings. The molecule has 0 saturated heterocycles. The van der Waals surface area contributed by atoms with E-state index in [1.165, 1.54) is 18.3 Å². The summed E-state index contributed by atoms with van der Waals surface area (Å²) in [6.45, 7) is 0. The van der Waals surface area contributed by atoms with Gasteiger partial charge in [0.05, 0.1) is 11.2 Å². The highest BCUT2D eigenvalue weighted by atomic mass is 35.5. The van der Waals surface area contributed by atoms with Crippen LogP contribution in [0.2, 0.25) is 5.02 Å². The number of carbonyl (C=O) groups is 1. The van der Waals surface area contributed by atoms with Gasteiger partial charge in [-0.1, -0.05) is 27.4 Å². The summed E-state index contributed by atoms with van der Waals surface area (Å²) in [5, 5.41) is 19.7. The number of nitrogens with zero attached hydrogens (tertiary/aromatic N) is 5. The number of amides is 1. The number of aromatic nitrogens is 6. The van der Waals surface area contributed by atoms with E-state index in [9.17, 15) is 9.18 Å².